The number of halogens is 2. The first kappa shape index (κ1) is 29.0. The number of carboxylic acids is 1. The Balaban J connectivity index is 1.94. The average molecular weight is 508 g/mol. The van der Waals surface area contributed by atoms with E-state index >= 15 is 0 Å². The van der Waals surface area contributed by atoms with Gasteiger partial charge >= 0.3 is 12.1 Å². The molecule has 1 amide bonds. The zero-order valence-electron chi connectivity index (χ0n) is 21.0. The third-order valence-corrected chi connectivity index (χ3v) is 5.88. The predicted molar refractivity (Wildman–Crippen MR) is 131 cm³/mol. The maximum Gasteiger partial charge on any atom is 0.410 e. The standard InChI is InChI=1S/C27H35F2NO6/c1-4-19(5-2)17-30(27(33)36-18-21-9-10-22(28)16-24(21)29)13-14-35-23-11-7-20(8-12-23)15-25(26(31)32)34-6-3/h7-12,16,19,25H,4-6,13-15,17-18H2,1-3H3,(H,31,32). The van der Waals surface area contributed by atoms with Crippen molar-refractivity contribution in [2.24, 2.45) is 5.92 Å². The summed E-state index contributed by atoms with van der Waals surface area (Å²) >= 11 is 0. The molecule has 2 aromatic carbocycles. The largest absolute Gasteiger partial charge is 0.492 e. The van der Waals surface area contributed by atoms with Crippen LogP contribution in [-0.4, -0.2) is 54.5 Å². The molecule has 7 nitrogen and oxygen atoms in total. The molecule has 198 valence electrons. The Kier molecular flexibility index (Phi) is 12.1. The van der Waals surface area contributed by atoms with Crippen LogP contribution in [0.5, 0.6) is 5.75 Å². The Morgan fingerprint density at radius 3 is 2.31 bits per heavy atom. The molecule has 0 aromatic heterocycles. The number of rotatable bonds is 15. The third kappa shape index (κ3) is 9.45. The van der Waals surface area contributed by atoms with E-state index in [1.54, 1.807) is 31.2 Å². The van der Waals surface area contributed by atoms with Gasteiger partial charge in [-0.05, 0) is 42.7 Å². The first-order valence-electron chi connectivity index (χ1n) is 12.2. The molecular weight excluding hydrogens is 472 g/mol. The van der Waals surface area contributed by atoms with Gasteiger partial charge < -0.3 is 24.2 Å². The summed E-state index contributed by atoms with van der Waals surface area (Å²) in [6.45, 7) is 6.78. The van der Waals surface area contributed by atoms with Crippen LogP contribution in [0.2, 0.25) is 0 Å². The lowest BCUT2D eigenvalue weighted by Gasteiger charge is -2.26. The van der Waals surface area contributed by atoms with Gasteiger partial charge in [-0.15, -0.1) is 0 Å². The van der Waals surface area contributed by atoms with E-state index in [0.29, 0.717) is 18.9 Å². The minimum Gasteiger partial charge on any atom is -0.492 e. The number of nitrogens with zero attached hydrogens (tertiary/aromatic N) is 1. The Labute approximate surface area is 211 Å². The number of carboxylic acid groups (broad SMARTS) is 1. The van der Waals surface area contributed by atoms with Crippen molar-refractivity contribution in [1.82, 2.24) is 4.90 Å². The lowest BCUT2D eigenvalue weighted by atomic mass is 10.0. The topological polar surface area (TPSA) is 85.3 Å². The molecule has 9 heteroatoms. The molecule has 0 fully saturated rings. The second kappa shape index (κ2) is 15.0. The van der Waals surface area contributed by atoms with Crippen molar-refractivity contribution in [2.75, 3.05) is 26.3 Å². The fourth-order valence-electron chi connectivity index (χ4n) is 3.61. The van der Waals surface area contributed by atoms with E-state index < -0.39 is 29.8 Å². The van der Waals surface area contributed by atoms with Crippen LogP contribution >= 0.6 is 0 Å². The minimum atomic E-state index is -1.01. The van der Waals surface area contributed by atoms with Crippen molar-refractivity contribution >= 4 is 12.1 Å². The molecule has 36 heavy (non-hydrogen) atoms. The molecule has 0 bridgehead atoms. The number of benzene rings is 2. The fourth-order valence-corrected chi connectivity index (χ4v) is 3.61. The lowest BCUT2D eigenvalue weighted by molar-refractivity contribution is -0.149. The number of carbonyl (C=O) groups is 2. The molecule has 0 aliphatic heterocycles. The fraction of sp³-hybridized carbons (Fsp3) is 0.481. The minimum absolute atomic E-state index is 0.0954. The highest BCUT2D eigenvalue weighted by Crippen LogP contribution is 2.17. The van der Waals surface area contributed by atoms with Gasteiger partial charge in [0.15, 0.2) is 6.10 Å². The maximum absolute atomic E-state index is 13.9. The summed E-state index contributed by atoms with van der Waals surface area (Å²) in [5.41, 5.74) is 0.896. The quantitative estimate of drug-likeness (QED) is 0.345. The van der Waals surface area contributed by atoms with Gasteiger partial charge in [0.25, 0.3) is 0 Å². The third-order valence-electron chi connectivity index (χ3n) is 5.88. The summed E-state index contributed by atoms with van der Waals surface area (Å²) in [4.78, 5) is 25.6. The van der Waals surface area contributed by atoms with Gasteiger partial charge in [0.2, 0.25) is 0 Å². The maximum atomic E-state index is 13.9. The zero-order valence-corrected chi connectivity index (χ0v) is 21.0. The van der Waals surface area contributed by atoms with Crippen LogP contribution in [0.25, 0.3) is 0 Å². The summed E-state index contributed by atoms with van der Waals surface area (Å²) < 4.78 is 43.3. The number of hydrogen-bond acceptors (Lipinski definition) is 5. The van der Waals surface area contributed by atoms with Gasteiger partial charge in [0.1, 0.15) is 30.6 Å². The van der Waals surface area contributed by atoms with E-state index in [2.05, 4.69) is 0 Å². The van der Waals surface area contributed by atoms with Gasteiger partial charge in [0.05, 0.1) is 6.54 Å². The highest BCUT2D eigenvalue weighted by atomic mass is 19.1. The normalized spacial score (nSPS) is 11.8. The predicted octanol–water partition coefficient (Wildman–Crippen LogP) is 5.45. The van der Waals surface area contributed by atoms with Crippen LogP contribution in [0.1, 0.15) is 44.7 Å². The van der Waals surface area contributed by atoms with Gasteiger partial charge in [-0.1, -0.05) is 38.8 Å². The molecule has 0 spiro atoms. The van der Waals surface area contributed by atoms with Crippen molar-refractivity contribution in [3.05, 3.63) is 65.2 Å². The number of ether oxygens (including phenoxy) is 3. The molecule has 0 saturated carbocycles. The first-order chi connectivity index (χ1) is 17.3. The summed E-state index contributed by atoms with van der Waals surface area (Å²) in [6, 6.07) is 10.1. The summed E-state index contributed by atoms with van der Waals surface area (Å²) in [6.07, 6.45) is 0.505. The summed E-state index contributed by atoms with van der Waals surface area (Å²) in [5, 5.41) is 9.23. The van der Waals surface area contributed by atoms with Crippen molar-refractivity contribution in [3.8, 4) is 5.75 Å². The van der Waals surface area contributed by atoms with Crippen LogP contribution in [0, 0.1) is 17.6 Å². The van der Waals surface area contributed by atoms with E-state index in [9.17, 15) is 23.5 Å². The molecule has 0 aliphatic carbocycles. The van der Waals surface area contributed by atoms with E-state index in [4.69, 9.17) is 14.2 Å². The van der Waals surface area contributed by atoms with Crippen molar-refractivity contribution in [3.63, 3.8) is 0 Å². The molecule has 2 aromatic rings. The highest BCUT2D eigenvalue weighted by molar-refractivity contribution is 5.72. The second-order valence-corrected chi connectivity index (χ2v) is 8.40. The smallest absolute Gasteiger partial charge is 0.410 e. The lowest BCUT2D eigenvalue weighted by Crippen LogP contribution is -2.38. The second-order valence-electron chi connectivity index (χ2n) is 8.40. The molecule has 2 rings (SSSR count). The van der Waals surface area contributed by atoms with Crippen LogP contribution in [0.15, 0.2) is 42.5 Å². The Bertz CT molecular complexity index is 965. The highest BCUT2D eigenvalue weighted by Gasteiger charge is 2.20. The molecule has 1 unspecified atom stereocenters. The molecule has 0 heterocycles. The number of carbonyl (C=O) groups excluding carboxylic acids is 1. The van der Waals surface area contributed by atoms with E-state index in [0.717, 1.165) is 30.5 Å². The number of hydrogen-bond donors (Lipinski definition) is 1. The molecule has 1 N–H and O–H groups in total. The SMILES string of the molecule is CCOC(Cc1ccc(OCCN(CC(CC)CC)C(=O)OCc2ccc(F)cc2F)cc1)C(=O)O. The molecular formula is C27H35F2NO6. The van der Waals surface area contributed by atoms with Crippen LogP contribution in [0.4, 0.5) is 13.6 Å². The number of amides is 1. The van der Waals surface area contributed by atoms with E-state index in [-0.39, 0.29) is 37.7 Å². The van der Waals surface area contributed by atoms with Crippen LogP contribution in [-0.2, 0) is 27.3 Å². The van der Waals surface area contributed by atoms with Crippen molar-refractivity contribution < 1.29 is 37.7 Å². The molecule has 0 radical (unpaired) electrons. The monoisotopic (exact) mass is 507 g/mol. The molecule has 0 saturated heterocycles. The zero-order chi connectivity index (χ0) is 26.5. The summed E-state index contributed by atoms with van der Waals surface area (Å²) in [7, 11) is 0. The first-order valence-corrected chi connectivity index (χ1v) is 12.2. The Morgan fingerprint density at radius 2 is 1.72 bits per heavy atom. The van der Waals surface area contributed by atoms with Crippen LogP contribution in [0.3, 0.4) is 0 Å². The van der Waals surface area contributed by atoms with E-state index in [1.165, 1.54) is 11.0 Å². The van der Waals surface area contributed by atoms with Gasteiger partial charge in [-0.2, -0.15) is 0 Å². The Morgan fingerprint density at radius 1 is 1.03 bits per heavy atom. The molecule has 0 aliphatic rings. The average Bonchev–Trinajstić information content (AvgIpc) is 2.86. The van der Waals surface area contributed by atoms with Crippen molar-refractivity contribution in [1.29, 1.82) is 0 Å². The molecule has 1 atom stereocenters. The number of aliphatic carboxylic acids is 1. The van der Waals surface area contributed by atoms with Gasteiger partial charge in [-0.25, -0.2) is 18.4 Å². The summed E-state index contributed by atoms with van der Waals surface area (Å²) in [5.74, 6) is -1.63. The Hall–Kier alpha value is -3.20. The van der Waals surface area contributed by atoms with E-state index in [1.807, 2.05) is 13.8 Å². The van der Waals surface area contributed by atoms with Gasteiger partial charge in [-0.3, -0.25) is 0 Å². The van der Waals surface area contributed by atoms with Gasteiger partial charge in [0, 0.05) is 31.2 Å². The van der Waals surface area contributed by atoms with Crippen molar-refractivity contribution in [2.45, 2.75) is 52.7 Å². The van der Waals surface area contributed by atoms with Crippen LogP contribution < -0.4 is 4.74 Å².